The highest BCUT2D eigenvalue weighted by Crippen LogP contribution is 2.42. The third-order valence-electron chi connectivity index (χ3n) is 6.25. The number of amides is 1. The molecule has 1 fully saturated rings. The Morgan fingerprint density at radius 1 is 1.00 bits per heavy atom. The minimum atomic E-state index is -0.784. The monoisotopic (exact) mass is 496 g/mol. The summed E-state index contributed by atoms with van der Waals surface area (Å²) in [5.74, 6) is -1.06. The number of carbonyl (C=O) groups excluding carboxylic acids is 2. The fourth-order valence-electron chi connectivity index (χ4n) is 4.23. The molecule has 0 aliphatic carbocycles. The highest BCUT2D eigenvalue weighted by atomic mass is 32.1. The molecule has 1 amide bonds. The number of ether oxygens (including phenoxy) is 1. The summed E-state index contributed by atoms with van der Waals surface area (Å²) < 4.78 is 5.91. The van der Waals surface area contributed by atoms with Gasteiger partial charge < -0.3 is 9.84 Å². The lowest BCUT2D eigenvalue weighted by Gasteiger charge is -2.23. The van der Waals surface area contributed by atoms with Gasteiger partial charge in [-0.1, -0.05) is 54.1 Å². The fraction of sp³-hybridized carbons (Fsp3) is 0.138. The predicted molar refractivity (Wildman–Crippen MR) is 140 cm³/mol. The van der Waals surface area contributed by atoms with Gasteiger partial charge in [0.15, 0.2) is 5.13 Å². The van der Waals surface area contributed by atoms with Crippen LogP contribution in [-0.4, -0.2) is 21.8 Å². The first-order valence-electron chi connectivity index (χ1n) is 11.5. The van der Waals surface area contributed by atoms with E-state index < -0.39 is 17.7 Å². The largest absolute Gasteiger partial charge is 0.507 e. The summed E-state index contributed by atoms with van der Waals surface area (Å²) in [6.07, 6.45) is 1.58. The van der Waals surface area contributed by atoms with E-state index in [0.29, 0.717) is 23.1 Å². The molecule has 4 aromatic rings. The van der Waals surface area contributed by atoms with E-state index in [-0.39, 0.29) is 11.3 Å². The normalized spacial score (nSPS) is 16.9. The second-order valence-electron chi connectivity index (χ2n) is 8.63. The fourth-order valence-corrected chi connectivity index (χ4v) is 4.89. The van der Waals surface area contributed by atoms with Crippen molar-refractivity contribution in [2.24, 2.45) is 0 Å². The van der Waals surface area contributed by atoms with Crippen LogP contribution in [0.5, 0.6) is 5.75 Å². The highest BCUT2D eigenvalue weighted by Gasteiger charge is 2.47. The number of hydrogen-bond donors (Lipinski definition) is 1. The van der Waals surface area contributed by atoms with Crippen LogP contribution in [0.2, 0.25) is 0 Å². The average Bonchev–Trinajstić information content (AvgIpc) is 3.51. The van der Waals surface area contributed by atoms with Crippen molar-refractivity contribution in [1.29, 1.82) is 0 Å². The SMILES string of the molecule is Cc1ccc(C2C(=C(O)c3ccc(OCc4ccccc4C)cc3)C(=O)C(=O)N2c2nccs2)cc1. The van der Waals surface area contributed by atoms with Crippen molar-refractivity contribution >= 4 is 33.9 Å². The summed E-state index contributed by atoms with van der Waals surface area (Å²) in [5, 5.41) is 13.4. The van der Waals surface area contributed by atoms with Gasteiger partial charge in [0.1, 0.15) is 18.1 Å². The number of benzene rings is 3. The summed E-state index contributed by atoms with van der Waals surface area (Å²) in [6, 6.07) is 21.6. The number of carbonyl (C=O) groups is 2. The van der Waals surface area contributed by atoms with Crippen molar-refractivity contribution < 1.29 is 19.4 Å². The second-order valence-corrected chi connectivity index (χ2v) is 9.51. The number of aliphatic hydroxyl groups excluding tert-OH is 1. The molecule has 0 saturated carbocycles. The van der Waals surface area contributed by atoms with E-state index in [2.05, 4.69) is 4.98 Å². The maximum Gasteiger partial charge on any atom is 0.301 e. The molecule has 1 aliphatic rings. The molecule has 2 heterocycles. The van der Waals surface area contributed by atoms with Crippen LogP contribution in [0, 0.1) is 13.8 Å². The van der Waals surface area contributed by atoms with Crippen LogP contribution < -0.4 is 9.64 Å². The molecule has 6 nitrogen and oxygen atoms in total. The zero-order valence-corrected chi connectivity index (χ0v) is 20.7. The van der Waals surface area contributed by atoms with E-state index >= 15 is 0 Å². The third-order valence-corrected chi connectivity index (χ3v) is 7.02. The van der Waals surface area contributed by atoms with Crippen LogP contribution in [0.15, 0.2) is 89.9 Å². The Bertz CT molecular complexity index is 1440. The molecule has 5 rings (SSSR count). The standard InChI is InChI=1S/C29H24N2O4S/c1-18-7-9-20(10-8-18)25-24(27(33)28(34)31(25)29-30-15-16-36-29)26(32)21-11-13-23(14-12-21)35-17-22-6-4-3-5-19(22)2/h3-16,25,32H,17H2,1-2H3. The molecule has 0 spiro atoms. The van der Waals surface area contributed by atoms with Gasteiger partial charge in [-0.25, -0.2) is 4.98 Å². The molecule has 36 heavy (non-hydrogen) atoms. The van der Waals surface area contributed by atoms with Crippen molar-refractivity contribution in [2.75, 3.05) is 4.90 Å². The number of rotatable bonds is 6. The van der Waals surface area contributed by atoms with Crippen molar-refractivity contribution in [2.45, 2.75) is 26.5 Å². The molecule has 1 atom stereocenters. The number of ketones is 1. The zero-order valence-electron chi connectivity index (χ0n) is 19.8. The van der Waals surface area contributed by atoms with Crippen LogP contribution in [0.3, 0.4) is 0 Å². The van der Waals surface area contributed by atoms with Crippen molar-refractivity contribution in [3.63, 3.8) is 0 Å². The maximum absolute atomic E-state index is 13.2. The van der Waals surface area contributed by atoms with Gasteiger partial charge >= 0.3 is 5.91 Å². The second kappa shape index (κ2) is 9.79. The van der Waals surface area contributed by atoms with Crippen LogP contribution in [0.4, 0.5) is 5.13 Å². The number of aryl methyl sites for hydroxylation is 2. The van der Waals surface area contributed by atoms with Gasteiger partial charge in [0.25, 0.3) is 5.78 Å². The first kappa shape index (κ1) is 23.5. The molecular weight excluding hydrogens is 472 g/mol. The Hall–Kier alpha value is -4.23. The third kappa shape index (κ3) is 4.41. The van der Waals surface area contributed by atoms with Gasteiger partial charge in [-0.3, -0.25) is 14.5 Å². The molecule has 7 heteroatoms. The molecule has 3 aromatic carbocycles. The Morgan fingerprint density at radius 2 is 1.72 bits per heavy atom. The Labute approximate surface area is 213 Å². The van der Waals surface area contributed by atoms with E-state index in [1.54, 1.807) is 35.8 Å². The number of Topliss-reactive ketones (excluding diaryl/α,β-unsaturated/α-hetero) is 1. The summed E-state index contributed by atoms with van der Waals surface area (Å²) in [7, 11) is 0. The van der Waals surface area contributed by atoms with Gasteiger partial charge in [0, 0.05) is 17.1 Å². The number of hydrogen-bond acceptors (Lipinski definition) is 6. The van der Waals surface area contributed by atoms with Gasteiger partial charge in [-0.2, -0.15) is 0 Å². The predicted octanol–water partition coefficient (Wildman–Crippen LogP) is 5.97. The lowest BCUT2D eigenvalue weighted by molar-refractivity contribution is -0.132. The highest BCUT2D eigenvalue weighted by molar-refractivity contribution is 7.14. The molecular formula is C29H24N2O4S. The van der Waals surface area contributed by atoms with Gasteiger partial charge in [-0.05, 0) is 54.8 Å². The first-order valence-corrected chi connectivity index (χ1v) is 12.4. The molecule has 0 radical (unpaired) electrons. The van der Waals surface area contributed by atoms with E-state index in [9.17, 15) is 14.7 Å². The molecule has 1 aliphatic heterocycles. The average molecular weight is 497 g/mol. The summed E-state index contributed by atoms with van der Waals surface area (Å²) in [4.78, 5) is 31.9. The van der Waals surface area contributed by atoms with Crippen molar-refractivity contribution in [3.8, 4) is 5.75 Å². The van der Waals surface area contributed by atoms with Crippen molar-refractivity contribution in [3.05, 3.63) is 118 Å². The number of nitrogens with zero attached hydrogens (tertiary/aromatic N) is 2. The number of aliphatic hydroxyl groups is 1. The van der Waals surface area contributed by atoms with E-state index in [0.717, 1.165) is 22.3 Å². The van der Waals surface area contributed by atoms with Crippen molar-refractivity contribution in [1.82, 2.24) is 4.98 Å². The minimum absolute atomic E-state index is 0.0348. The first-order chi connectivity index (χ1) is 17.4. The molecule has 1 saturated heterocycles. The summed E-state index contributed by atoms with van der Waals surface area (Å²) >= 11 is 1.26. The lowest BCUT2D eigenvalue weighted by atomic mass is 9.95. The van der Waals surface area contributed by atoms with E-state index in [1.807, 2.05) is 62.4 Å². The molecule has 0 bridgehead atoms. The Morgan fingerprint density at radius 3 is 2.39 bits per heavy atom. The molecule has 1 aromatic heterocycles. The molecule has 180 valence electrons. The smallest absolute Gasteiger partial charge is 0.301 e. The maximum atomic E-state index is 13.2. The Balaban J connectivity index is 1.49. The molecule has 1 N–H and O–H groups in total. The van der Waals surface area contributed by atoms with Gasteiger partial charge in [0.2, 0.25) is 0 Å². The van der Waals surface area contributed by atoms with E-state index in [4.69, 9.17) is 4.74 Å². The number of thiazole rings is 1. The van der Waals surface area contributed by atoms with Crippen LogP contribution >= 0.6 is 11.3 Å². The van der Waals surface area contributed by atoms with Crippen LogP contribution in [-0.2, 0) is 16.2 Å². The summed E-state index contributed by atoms with van der Waals surface area (Å²) in [6.45, 7) is 4.42. The van der Waals surface area contributed by atoms with Crippen LogP contribution in [0.1, 0.15) is 33.9 Å². The topological polar surface area (TPSA) is 79.7 Å². The zero-order chi connectivity index (χ0) is 25.2. The number of aromatic nitrogens is 1. The molecule has 1 unspecified atom stereocenters. The van der Waals surface area contributed by atoms with Crippen LogP contribution in [0.25, 0.3) is 5.76 Å². The summed E-state index contributed by atoms with van der Waals surface area (Å²) in [5.41, 5.74) is 4.46. The van der Waals surface area contributed by atoms with Gasteiger partial charge in [0.05, 0.1) is 11.6 Å². The lowest BCUT2D eigenvalue weighted by Crippen LogP contribution is -2.29. The quantitative estimate of drug-likeness (QED) is 0.202. The Kier molecular flexibility index (Phi) is 6.40. The van der Waals surface area contributed by atoms with Gasteiger partial charge in [-0.15, -0.1) is 11.3 Å². The van der Waals surface area contributed by atoms with E-state index in [1.165, 1.54) is 16.2 Å². The number of anilines is 1. The minimum Gasteiger partial charge on any atom is -0.507 e.